The van der Waals surface area contributed by atoms with Crippen molar-refractivity contribution in [3.8, 4) is 5.75 Å². The minimum atomic E-state index is -3.84. The summed E-state index contributed by atoms with van der Waals surface area (Å²) in [4.78, 5) is 25.1. The highest BCUT2D eigenvalue weighted by molar-refractivity contribution is 7.89. The van der Waals surface area contributed by atoms with E-state index in [-0.39, 0.29) is 23.3 Å². The van der Waals surface area contributed by atoms with Gasteiger partial charge in [0.25, 0.3) is 5.91 Å². The van der Waals surface area contributed by atoms with E-state index in [1.807, 2.05) is 38.1 Å². The third-order valence-corrected chi connectivity index (χ3v) is 8.56. The molecule has 0 aromatic heterocycles. The second kappa shape index (κ2) is 9.76. The first-order valence-corrected chi connectivity index (χ1v) is 13.1. The van der Waals surface area contributed by atoms with E-state index in [1.54, 1.807) is 13.0 Å². The van der Waals surface area contributed by atoms with Gasteiger partial charge in [0.1, 0.15) is 5.75 Å². The highest BCUT2D eigenvalue weighted by Crippen LogP contribution is 2.36. The predicted octanol–water partition coefficient (Wildman–Crippen LogP) is 3.13. The van der Waals surface area contributed by atoms with Crippen LogP contribution in [0.1, 0.15) is 42.9 Å². The number of nitrogens with one attached hydrogen (secondary N) is 2. The zero-order valence-electron chi connectivity index (χ0n) is 19.8. The molecule has 182 valence electrons. The first-order valence-electron chi connectivity index (χ1n) is 11.6. The van der Waals surface area contributed by atoms with Crippen molar-refractivity contribution in [2.24, 2.45) is 5.92 Å². The molecule has 2 amide bonds. The van der Waals surface area contributed by atoms with Gasteiger partial charge in [-0.15, -0.1) is 0 Å². The summed E-state index contributed by atoms with van der Waals surface area (Å²) in [5.74, 6) is -0.437. The van der Waals surface area contributed by atoms with Crippen molar-refractivity contribution in [1.29, 1.82) is 0 Å². The highest BCUT2D eigenvalue weighted by Gasteiger charge is 2.35. The minimum absolute atomic E-state index is 0.133. The number of rotatable bonds is 6. The van der Waals surface area contributed by atoms with Gasteiger partial charge in [0, 0.05) is 25.7 Å². The Morgan fingerprint density at radius 2 is 1.97 bits per heavy atom. The van der Waals surface area contributed by atoms with Crippen molar-refractivity contribution in [2.75, 3.05) is 18.4 Å². The zero-order chi connectivity index (χ0) is 24.5. The number of fused-ring (bicyclic) bond motifs is 1. The van der Waals surface area contributed by atoms with E-state index in [0.29, 0.717) is 49.4 Å². The van der Waals surface area contributed by atoms with Gasteiger partial charge in [-0.2, -0.15) is 4.31 Å². The molecule has 2 aromatic rings. The SMILES string of the molecule is CC[C@H]1Oc2cc(S(=O)(=O)N3CCC[C@@H](C(=O)NCc4ccccc4C)C3)c(C)cc2NC1=O. The number of piperidine rings is 1. The van der Waals surface area contributed by atoms with Crippen LogP contribution in [0.15, 0.2) is 41.3 Å². The first kappa shape index (κ1) is 24.2. The van der Waals surface area contributed by atoms with Gasteiger partial charge in [-0.3, -0.25) is 9.59 Å². The number of aryl methyl sites for hydroxylation is 2. The van der Waals surface area contributed by atoms with E-state index in [9.17, 15) is 18.0 Å². The van der Waals surface area contributed by atoms with Crippen molar-refractivity contribution in [3.63, 3.8) is 0 Å². The molecule has 34 heavy (non-hydrogen) atoms. The van der Waals surface area contributed by atoms with Gasteiger partial charge in [0.05, 0.1) is 16.5 Å². The molecule has 2 atom stereocenters. The minimum Gasteiger partial charge on any atom is -0.478 e. The Morgan fingerprint density at radius 1 is 1.21 bits per heavy atom. The van der Waals surface area contributed by atoms with Crippen LogP contribution < -0.4 is 15.4 Å². The van der Waals surface area contributed by atoms with Crippen LogP contribution in [0.25, 0.3) is 0 Å². The molecule has 9 heteroatoms. The summed E-state index contributed by atoms with van der Waals surface area (Å²) in [6, 6.07) is 11.0. The normalized spacial score (nSPS) is 20.7. The van der Waals surface area contributed by atoms with Gasteiger partial charge >= 0.3 is 0 Å². The van der Waals surface area contributed by atoms with Crippen LogP contribution in [-0.2, 0) is 26.2 Å². The van der Waals surface area contributed by atoms with Crippen LogP contribution in [0.4, 0.5) is 5.69 Å². The number of hydrogen-bond donors (Lipinski definition) is 2. The van der Waals surface area contributed by atoms with Gasteiger partial charge < -0.3 is 15.4 Å². The Bertz CT molecular complexity index is 1210. The van der Waals surface area contributed by atoms with Gasteiger partial charge in [-0.1, -0.05) is 31.2 Å². The number of anilines is 1. The van der Waals surface area contributed by atoms with Crippen LogP contribution in [0.3, 0.4) is 0 Å². The van der Waals surface area contributed by atoms with Crippen molar-refractivity contribution < 1.29 is 22.7 Å². The van der Waals surface area contributed by atoms with Gasteiger partial charge in [0.15, 0.2) is 6.10 Å². The largest absolute Gasteiger partial charge is 0.478 e. The fourth-order valence-corrected chi connectivity index (χ4v) is 6.23. The van der Waals surface area contributed by atoms with Crippen molar-refractivity contribution in [1.82, 2.24) is 9.62 Å². The monoisotopic (exact) mass is 485 g/mol. The first-order chi connectivity index (χ1) is 16.2. The van der Waals surface area contributed by atoms with E-state index in [4.69, 9.17) is 4.74 Å². The summed E-state index contributed by atoms with van der Waals surface area (Å²) < 4.78 is 34.3. The van der Waals surface area contributed by atoms with E-state index < -0.39 is 22.0 Å². The molecular weight excluding hydrogens is 454 g/mol. The van der Waals surface area contributed by atoms with E-state index in [1.165, 1.54) is 10.4 Å². The van der Waals surface area contributed by atoms with Crippen molar-refractivity contribution in [3.05, 3.63) is 53.1 Å². The topological polar surface area (TPSA) is 105 Å². The van der Waals surface area contributed by atoms with Crippen LogP contribution in [0.5, 0.6) is 5.75 Å². The Balaban J connectivity index is 1.50. The Labute approximate surface area is 200 Å². The predicted molar refractivity (Wildman–Crippen MR) is 129 cm³/mol. The summed E-state index contributed by atoms with van der Waals surface area (Å²) in [5.41, 5.74) is 3.13. The lowest BCUT2D eigenvalue weighted by atomic mass is 9.98. The molecule has 2 aromatic carbocycles. The van der Waals surface area contributed by atoms with Crippen molar-refractivity contribution in [2.45, 2.75) is 57.6 Å². The Morgan fingerprint density at radius 3 is 2.71 bits per heavy atom. The van der Waals surface area contributed by atoms with Crippen LogP contribution in [-0.4, -0.2) is 43.7 Å². The summed E-state index contributed by atoms with van der Waals surface area (Å²) in [5, 5.41) is 5.76. The summed E-state index contributed by atoms with van der Waals surface area (Å²) >= 11 is 0. The molecular formula is C25H31N3O5S. The number of carbonyl (C=O) groups is 2. The lowest BCUT2D eigenvalue weighted by Gasteiger charge is -2.32. The smallest absolute Gasteiger partial charge is 0.265 e. The number of carbonyl (C=O) groups excluding carboxylic acids is 2. The molecule has 8 nitrogen and oxygen atoms in total. The number of amides is 2. The summed E-state index contributed by atoms with van der Waals surface area (Å²) in [6.07, 6.45) is 1.08. The van der Waals surface area contributed by atoms with E-state index in [2.05, 4.69) is 10.6 Å². The maximum atomic E-state index is 13.6. The van der Waals surface area contributed by atoms with E-state index >= 15 is 0 Å². The fraction of sp³-hybridized carbons (Fsp3) is 0.440. The third-order valence-electron chi connectivity index (χ3n) is 6.55. The number of nitrogens with zero attached hydrogens (tertiary/aromatic N) is 1. The van der Waals surface area contributed by atoms with Crippen LogP contribution in [0.2, 0.25) is 0 Å². The van der Waals surface area contributed by atoms with Gasteiger partial charge in [0.2, 0.25) is 15.9 Å². The average molecular weight is 486 g/mol. The molecule has 2 aliphatic heterocycles. The lowest BCUT2D eigenvalue weighted by Crippen LogP contribution is -2.45. The Hall–Kier alpha value is -2.91. The standard InChI is InChI=1S/C25H31N3O5S/c1-4-21-25(30)27-20-12-17(3)23(13-22(20)33-21)34(31,32)28-11-7-10-19(15-28)24(29)26-14-18-9-6-5-8-16(18)2/h5-6,8-9,12-13,19,21H,4,7,10-11,14-15H2,1-3H3,(H,26,29)(H,27,30)/t19-,21-/m1/s1. The van der Waals surface area contributed by atoms with Crippen LogP contribution >= 0.6 is 0 Å². The summed E-state index contributed by atoms with van der Waals surface area (Å²) in [6.45, 7) is 6.43. The Kier molecular flexibility index (Phi) is 6.95. The quantitative estimate of drug-likeness (QED) is 0.654. The van der Waals surface area contributed by atoms with Gasteiger partial charge in [-0.05, 0) is 55.9 Å². The lowest BCUT2D eigenvalue weighted by molar-refractivity contribution is -0.126. The second-order valence-corrected chi connectivity index (χ2v) is 10.9. The molecule has 2 N–H and O–H groups in total. The van der Waals surface area contributed by atoms with Gasteiger partial charge in [-0.25, -0.2) is 8.42 Å². The molecule has 0 bridgehead atoms. The van der Waals surface area contributed by atoms with Crippen LogP contribution in [0, 0.1) is 19.8 Å². The number of sulfonamides is 1. The average Bonchev–Trinajstić information content (AvgIpc) is 2.82. The highest BCUT2D eigenvalue weighted by atomic mass is 32.2. The molecule has 0 saturated carbocycles. The molecule has 2 heterocycles. The maximum absolute atomic E-state index is 13.6. The summed E-state index contributed by atoms with van der Waals surface area (Å²) in [7, 11) is -3.84. The molecule has 1 saturated heterocycles. The molecule has 0 spiro atoms. The number of benzene rings is 2. The molecule has 0 radical (unpaired) electrons. The number of hydrogen-bond acceptors (Lipinski definition) is 5. The van der Waals surface area contributed by atoms with Crippen molar-refractivity contribution >= 4 is 27.5 Å². The molecule has 1 fully saturated rings. The molecule has 0 aliphatic carbocycles. The second-order valence-electron chi connectivity index (χ2n) is 8.96. The number of ether oxygens (including phenoxy) is 1. The molecule has 2 aliphatic rings. The maximum Gasteiger partial charge on any atom is 0.265 e. The zero-order valence-corrected chi connectivity index (χ0v) is 20.6. The molecule has 4 rings (SSSR count). The fourth-order valence-electron chi connectivity index (χ4n) is 4.48. The third kappa shape index (κ3) is 4.81. The molecule has 0 unspecified atom stereocenters. The van der Waals surface area contributed by atoms with E-state index in [0.717, 1.165) is 11.1 Å².